The zero-order valence-electron chi connectivity index (χ0n) is 9.44. The highest BCUT2D eigenvalue weighted by Gasteiger charge is 2.18. The predicted molar refractivity (Wildman–Crippen MR) is 58.3 cm³/mol. The first-order valence-corrected chi connectivity index (χ1v) is 4.82. The van der Waals surface area contributed by atoms with E-state index in [1.54, 1.807) is 0 Å². The summed E-state index contributed by atoms with van der Waals surface area (Å²) in [4.78, 5) is 36.1. The molecule has 2 amide bonds. The molecule has 0 radical (unpaired) electrons. The van der Waals surface area contributed by atoms with Gasteiger partial charge in [-0.25, -0.2) is 4.79 Å². The van der Waals surface area contributed by atoms with Crippen LogP contribution < -0.4 is 11.1 Å². The molecule has 0 aromatic carbocycles. The minimum atomic E-state index is -0.771. The molecule has 0 aliphatic carbocycles. The van der Waals surface area contributed by atoms with E-state index in [9.17, 15) is 14.4 Å². The van der Waals surface area contributed by atoms with E-state index in [1.807, 2.05) is 0 Å². The van der Waals surface area contributed by atoms with Crippen LogP contribution in [0.3, 0.4) is 0 Å². The maximum Gasteiger partial charge on any atom is 0.328 e. The Labute approximate surface area is 97.3 Å². The van der Waals surface area contributed by atoms with Gasteiger partial charge >= 0.3 is 5.97 Å². The smallest absolute Gasteiger partial charge is 0.328 e. The van der Waals surface area contributed by atoms with Gasteiger partial charge in [0.1, 0.15) is 11.7 Å². The molecule has 1 rings (SSSR count). The van der Waals surface area contributed by atoms with Crippen LogP contribution in [-0.4, -0.2) is 35.9 Å². The number of primary amides is 1. The molecule has 1 aromatic heterocycles. The van der Waals surface area contributed by atoms with Crippen LogP contribution in [0.4, 0.5) is 0 Å². The zero-order valence-corrected chi connectivity index (χ0v) is 9.44. The van der Waals surface area contributed by atoms with E-state index in [1.165, 1.54) is 26.3 Å². The normalized spacial score (nSPS) is 11.6. The van der Waals surface area contributed by atoms with Crippen molar-refractivity contribution in [1.82, 2.24) is 10.3 Å². The quantitative estimate of drug-likeness (QED) is 0.609. The maximum atomic E-state index is 11.6. The van der Waals surface area contributed by atoms with Crippen LogP contribution >= 0.6 is 0 Å². The van der Waals surface area contributed by atoms with Gasteiger partial charge < -0.3 is 20.8 Å². The molecule has 92 valence electrons. The lowest BCUT2D eigenvalue weighted by molar-refractivity contribution is -0.142. The molecule has 1 atom stereocenters. The summed E-state index contributed by atoms with van der Waals surface area (Å²) in [5, 5.41) is 2.40. The minimum absolute atomic E-state index is 0.148. The molecule has 0 unspecified atom stereocenters. The first-order chi connectivity index (χ1) is 7.95. The fourth-order valence-corrected chi connectivity index (χ4v) is 1.18. The van der Waals surface area contributed by atoms with Crippen molar-refractivity contribution in [3.63, 3.8) is 0 Å². The van der Waals surface area contributed by atoms with Crippen molar-refractivity contribution in [2.45, 2.75) is 13.0 Å². The van der Waals surface area contributed by atoms with Crippen LogP contribution in [0, 0.1) is 0 Å². The van der Waals surface area contributed by atoms with E-state index in [0.29, 0.717) is 0 Å². The number of H-pyrrole nitrogens is 1. The summed E-state index contributed by atoms with van der Waals surface area (Å²) in [6, 6.07) is 0.537. The molecular weight excluding hydrogens is 226 g/mol. The highest BCUT2D eigenvalue weighted by Crippen LogP contribution is 2.03. The summed E-state index contributed by atoms with van der Waals surface area (Å²) in [5.74, 6) is -1.71. The molecule has 0 aliphatic heterocycles. The van der Waals surface area contributed by atoms with Gasteiger partial charge in [0.2, 0.25) is 5.91 Å². The van der Waals surface area contributed by atoms with E-state index >= 15 is 0 Å². The largest absolute Gasteiger partial charge is 0.467 e. The van der Waals surface area contributed by atoms with Crippen molar-refractivity contribution < 1.29 is 19.1 Å². The van der Waals surface area contributed by atoms with E-state index < -0.39 is 23.8 Å². The molecule has 1 heterocycles. The molecule has 0 fully saturated rings. The number of rotatable bonds is 4. The topological polar surface area (TPSA) is 114 Å². The Balaban J connectivity index is 2.70. The van der Waals surface area contributed by atoms with Crippen molar-refractivity contribution in [2.24, 2.45) is 5.73 Å². The minimum Gasteiger partial charge on any atom is -0.467 e. The van der Waals surface area contributed by atoms with Crippen LogP contribution in [0.5, 0.6) is 0 Å². The third-order valence-corrected chi connectivity index (χ3v) is 2.11. The second-order valence-electron chi connectivity index (χ2n) is 3.38. The number of nitrogens with two attached hydrogens (primary N) is 1. The molecule has 0 bridgehead atoms. The first kappa shape index (κ1) is 12.8. The Hall–Kier alpha value is -2.31. The number of carbonyl (C=O) groups excluding carboxylic acids is 3. The predicted octanol–water partition coefficient (Wildman–Crippen LogP) is -0.595. The van der Waals surface area contributed by atoms with Crippen molar-refractivity contribution in [1.29, 1.82) is 0 Å². The van der Waals surface area contributed by atoms with E-state index in [0.717, 1.165) is 0 Å². The monoisotopic (exact) mass is 239 g/mol. The number of aromatic amines is 1. The molecule has 4 N–H and O–H groups in total. The summed E-state index contributed by atoms with van der Waals surface area (Å²) in [5.41, 5.74) is 5.38. The van der Waals surface area contributed by atoms with Crippen LogP contribution in [0.15, 0.2) is 12.3 Å². The number of hydrogen-bond donors (Lipinski definition) is 3. The molecule has 17 heavy (non-hydrogen) atoms. The molecule has 0 aliphatic rings. The van der Waals surface area contributed by atoms with Gasteiger partial charge in [0, 0.05) is 6.20 Å². The maximum absolute atomic E-state index is 11.6. The second-order valence-corrected chi connectivity index (χ2v) is 3.38. The number of ether oxygens (including phenoxy) is 1. The zero-order chi connectivity index (χ0) is 13.0. The van der Waals surface area contributed by atoms with Gasteiger partial charge in [-0.05, 0) is 13.0 Å². The molecule has 1 aromatic rings. The number of nitrogens with one attached hydrogen (secondary N) is 2. The Morgan fingerprint density at radius 3 is 2.59 bits per heavy atom. The molecule has 7 nitrogen and oxygen atoms in total. The first-order valence-electron chi connectivity index (χ1n) is 4.82. The number of methoxy groups -OCH3 is 1. The Bertz CT molecular complexity index is 452. The number of esters is 1. The molecule has 0 saturated heterocycles. The van der Waals surface area contributed by atoms with Gasteiger partial charge in [0.05, 0.1) is 12.7 Å². The summed E-state index contributed by atoms with van der Waals surface area (Å²) in [6.07, 6.45) is 1.32. The molecule has 0 spiro atoms. The van der Waals surface area contributed by atoms with Crippen LogP contribution in [-0.2, 0) is 9.53 Å². The van der Waals surface area contributed by atoms with Gasteiger partial charge in [-0.15, -0.1) is 0 Å². The Morgan fingerprint density at radius 1 is 1.47 bits per heavy atom. The van der Waals surface area contributed by atoms with E-state index in [-0.39, 0.29) is 11.3 Å². The van der Waals surface area contributed by atoms with Crippen molar-refractivity contribution in [3.8, 4) is 0 Å². The molecular formula is C10H13N3O4. The average molecular weight is 239 g/mol. The van der Waals surface area contributed by atoms with Crippen molar-refractivity contribution in [2.75, 3.05) is 7.11 Å². The Morgan fingerprint density at radius 2 is 2.12 bits per heavy atom. The molecule has 7 heteroatoms. The third-order valence-electron chi connectivity index (χ3n) is 2.11. The van der Waals surface area contributed by atoms with E-state index in [4.69, 9.17) is 5.73 Å². The molecule has 0 saturated carbocycles. The van der Waals surface area contributed by atoms with Crippen molar-refractivity contribution >= 4 is 17.8 Å². The van der Waals surface area contributed by atoms with Gasteiger partial charge in [-0.3, -0.25) is 9.59 Å². The van der Waals surface area contributed by atoms with Crippen molar-refractivity contribution in [3.05, 3.63) is 23.5 Å². The van der Waals surface area contributed by atoms with Gasteiger partial charge in [-0.1, -0.05) is 0 Å². The number of hydrogen-bond acceptors (Lipinski definition) is 4. The van der Waals surface area contributed by atoms with Crippen LogP contribution in [0.2, 0.25) is 0 Å². The lowest BCUT2D eigenvalue weighted by Crippen LogP contribution is -2.39. The summed E-state index contributed by atoms with van der Waals surface area (Å²) >= 11 is 0. The van der Waals surface area contributed by atoms with Crippen LogP contribution in [0.25, 0.3) is 0 Å². The Kier molecular flexibility index (Phi) is 3.86. The second kappa shape index (κ2) is 5.15. The van der Waals surface area contributed by atoms with E-state index in [2.05, 4.69) is 15.0 Å². The fraction of sp³-hybridized carbons (Fsp3) is 0.300. The van der Waals surface area contributed by atoms with Crippen LogP contribution in [0.1, 0.15) is 27.8 Å². The number of aromatic nitrogens is 1. The van der Waals surface area contributed by atoms with Gasteiger partial charge in [-0.2, -0.15) is 0 Å². The fourth-order valence-electron chi connectivity index (χ4n) is 1.18. The number of amides is 2. The summed E-state index contributed by atoms with van der Waals surface area (Å²) in [6.45, 7) is 1.49. The van der Waals surface area contributed by atoms with Gasteiger partial charge in [0.25, 0.3) is 5.91 Å². The highest BCUT2D eigenvalue weighted by molar-refractivity contribution is 5.99. The SMILES string of the molecule is COC(=O)[C@H](C)NC(=O)c1cc(C(N)=O)c[nH]1. The summed E-state index contributed by atoms with van der Waals surface area (Å²) in [7, 11) is 1.23. The summed E-state index contributed by atoms with van der Waals surface area (Å²) < 4.78 is 4.45. The van der Waals surface area contributed by atoms with Gasteiger partial charge in [0.15, 0.2) is 0 Å². The lowest BCUT2D eigenvalue weighted by Gasteiger charge is -2.10. The standard InChI is InChI=1S/C10H13N3O4/c1-5(10(16)17-2)13-9(15)7-3-6(4-12-7)8(11)14/h3-5,12H,1-2H3,(H2,11,14)(H,13,15)/t5-/m0/s1. The third kappa shape index (κ3) is 3.07. The average Bonchev–Trinajstić information content (AvgIpc) is 2.77. The number of carbonyl (C=O) groups is 3. The highest BCUT2D eigenvalue weighted by atomic mass is 16.5. The lowest BCUT2D eigenvalue weighted by atomic mass is 10.2.